The molecule has 3 aromatic rings. The normalized spacial score (nSPS) is 19.2. The molecule has 1 aliphatic heterocycles. The zero-order valence-corrected chi connectivity index (χ0v) is 14.7. The number of hydrogen-bond donors (Lipinski definition) is 1. The summed E-state index contributed by atoms with van der Waals surface area (Å²) in [6, 6.07) is 19.6. The van der Waals surface area contributed by atoms with Crippen molar-refractivity contribution in [2.75, 3.05) is 0 Å². The smallest absolute Gasteiger partial charge is 0.325 e. The molecule has 27 heavy (non-hydrogen) atoms. The summed E-state index contributed by atoms with van der Waals surface area (Å²) in [6.45, 7) is 1.74. The predicted molar refractivity (Wildman–Crippen MR) is 98.1 cm³/mol. The second-order valence-corrected chi connectivity index (χ2v) is 6.45. The van der Waals surface area contributed by atoms with Crippen LogP contribution in [-0.4, -0.2) is 16.8 Å². The minimum atomic E-state index is -1.21. The van der Waals surface area contributed by atoms with Crippen molar-refractivity contribution in [3.05, 3.63) is 84.3 Å². The van der Waals surface area contributed by atoms with Gasteiger partial charge < -0.3 is 14.5 Å². The van der Waals surface area contributed by atoms with Gasteiger partial charge >= 0.3 is 6.03 Å². The maximum absolute atomic E-state index is 13.0. The minimum Gasteiger partial charge on any atom is -0.466 e. The molecular formula is C21H18N2O4. The van der Waals surface area contributed by atoms with Crippen molar-refractivity contribution in [1.82, 2.24) is 10.2 Å². The Morgan fingerprint density at radius 3 is 2.48 bits per heavy atom. The molecule has 4 rings (SSSR count). The number of rotatable bonds is 5. The summed E-state index contributed by atoms with van der Waals surface area (Å²) in [6.07, 6.45) is 1.48. The summed E-state index contributed by atoms with van der Waals surface area (Å²) >= 11 is 0. The Morgan fingerprint density at radius 1 is 1.00 bits per heavy atom. The van der Waals surface area contributed by atoms with E-state index in [9.17, 15) is 9.59 Å². The van der Waals surface area contributed by atoms with E-state index in [0.29, 0.717) is 17.3 Å². The zero-order valence-electron chi connectivity index (χ0n) is 14.7. The standard InChI is InChI=1S/C21H18N2O4/c1-21(18-12-7-13-26-18)19(24)23(20(25)22-21)14-15-8-5-6-11-17(15)27-16-9-3-2-4-10-16/h2-13H,14H2,1H3,(H,22,25). The van der Waals surface area contributed by atoms with Crippen molar-refractivity contribution in [2.24, 2.45) is 0 Å². The van der Waals surface area contributed by atoms with Crippen molar-refractivity contribution in [2.45, 2.75) is 19.0 Å². The number of para-hydroxylation sites is 2. The molecule has 0 aliphatic carbocycles. The first-order valence-corrected chi connectivity index (χ1v) is 8.57. The van der Waals surface area contributed by atoms with Crippen LogP contribution in [0.3, 0.4) is 0 Å². The topological polar surface area (TPSA) is 71.8 Å². The van der Waals surface area contributed by atoms with E-state index in [1.54, 1.807) is 19.1 Å². The van der Waals surface area contributed by atoms with Crippen molar-refractivity contribution in [3.63, 3.8) is 0 Å². The fourth-order valence-corrected chi connectivity index (χ4v) is 3.09. The van der Waals surface area contributed by atoms with Gasteiger partial charge in [-0.25, -0.2) is 4.79 Å². The summed E-state index contributed by atoms with van der Waals surface area (Å²) in [7, 11) is 0. The molecule has 1 aliphatic rings. The minimum absolute atomic E-state index is 0.101. The molecule has 1 N–H and O–H groups in total. The molecule has 3 amide bonds. The van der Waals surface area contributed by atoms with Gasteiger partial charge in [0.25, 0.3) is 5.91 Å². The summed E-state index contributed by atoms with van der Waals surface area (Å²) < 4.78 is 11.3. The van der Waals surface area contributed by atoms with Crippen LogP contribution in [-0.2, 0) is 16.9 Å². The third kappa shape index (κ3) is 3.06. The lowest BCUT2D eigenvalue weighted by atomic mass is 9.99. The number of furan rings is 1. The monoisotopic (exact) mass is 362 g/mol. The highest BCUT2D eigenvalue weighted by Crippen LogP contribution is 2.32. The van der Waals surface area contributed by atoms with E-state index in [2.05, 4.69) is 5.32 Å². The van der Waals surface area contributed by atoms with Crippen LogP contribution in [0.1, 0.15) is 18.2 Å². The summed E-state index contributed by atoms with van der Waals surface area (Å²) in [4.78, 5) is 26.6. The van der Waals surface area contributed by atoms with Gasteiger partial charge in [-0.15, -0.1) is 0 Å². The number of carbonyl (C=O) groups excluding carboxylic acids is 2. The van der Waals surface area contributed by atoms with Gasteiger partial charge in [-0.05, 0) is 37.3 Å². The highest BCUT2D eigenvalue weighted by molar-refractivity contribution is 6.06. The van der Waals surface area contributed by atoms with Gasteiger partial charge in [-0.1, -0.05) is 36.4 Å². The lowest BCUT2D eigenvalue weighted by Gasteiger charge is -2.19. The van der Waals surface area contributed by atoms with E-state index < -0.39 is 11.6 Å². The van der Waals surface area contributed by atoms with Crippen LogP contribution < -0.4 is 10.1 Å². The maximum Gasteiger partial charge on any atom is 0.325 e. The first-order valence-electron chi connectivity index (χ1n) is 8.57. The van der Waals surface area contributed by atoms with Crippen LogP contribution in [0.2, 0.25) is 0 Å². The molecule has 2 heterocycles. The van der Waals surface area contributed by atoms with Crippen molar-refractivity contribution in [3.8, 4) is 11.5 Å². The Bertz CT molecular complexity index is 969. The van der Waals surface area contributed by atoms with E-state index >= 15 is 0 Å². The third-order valence-corrected chi connectivity index (χ3v) is 4.56. The highest BCUT2D eigenvalue weighted by atomic mass is 16.5. The number of ether oxygens (including phenoxy) is 1. The van der Waals surface area contributed by atoms with Crippen LogP contribution >= 0.6 is 0 Å². The summed E-state index contributed by atoms with van der Waals surface area (Å²) in [5.41, 5.74) is -0.482. The number of carbonyl (C=O) groups is 2. The molecule has 1 saturated heterocycles. The molecule has 0 bridgehead atoms. The molecule has 0 radical (unpaired) electrons. The van der Waals surface area contributed by atoms with Gasteiger partial charge in [0.1, 0.15) is 17.3 Å². The lowest BCUT2D eigenvalue weighted by Crippen LogP contribution is -2.40. The highest BCUT2D eigenvalue weighted by Gasteiger charge is 2.51. The van der Waals surface area contributed by atoms with E-state index in [0.717, 1.165) is 5.56 Å². The van der Waals surface area contributed by atoms with Crippen molar-refractivity contribution < 1.29 is 18.7 Å². The number of urea groups is 1. The van der Waals surface area contributed by atoms with Gasteiger partial charge in [-0.3, -0.25) is 9.69 Å². The first kappa shape index (κ1) is 16.9. The number of hydrogen-bond acceptors (Lipinski definition) is 4. The summed E-state index contributed by atoms with van der Waals surface area (Å²) in [5.74, 6) is 1.31. The van der Waals surface area contributed by atoms with Crippen molar-refractivity contribution >= 4 is 11.9 Å². The second-order valence-electron chi connectivity index (χ2n) is 6.45. The van der Waals surface area contributed by atoms with E-state index in [4.69, 9.17) is 9.15 Å². The number of amides is 3. The van der Waals surface area contributed by atoms with Crippen LogP contribution in [0, 0.1) is 0 Å². The fourth-order valence-electron chi connectivity index (χ4n) is 3.09. The average Bonchev–Trinajstić information content (AvgIpc) is 3.29. The van der Waals surface area contributed by atoms with Crippen LogP contribution in [0.15, 0.2) is 77.4 Å². The maximum atomic E-state index is 13.0. The molecule has 2 aromatic carbocycles. The third-order valence-electron chi connectivity index (χ3n) is 4.56. The molecule has 0 saturated carbocycles. The first-order chi connectivity index (χ1) is 13.1. The molecule has 1 fully saturated rings. The SMILES string of the molecule is CC1(c2ccco2)NC(=O)N(Cc2ccccc2Oc2ccccc2)C1=O. The number of nitrogens with zero attached hydrogens (tertiary/aromatic N) is 1. The van der Waals surface area contributed by atoms with Crippen LogP contribution in [0.4, 0.5) is 4.79 Å². The molecule has 6 heteroatoms. The predicted octanol–water partition coefficient (Wildman–Crippen LogP) is 4.04. The summed E-state index contributed by atoms with van der Waals surface area (Å²) in [5, 5.41) is 2.72. The van der Waals surface area contributed by atoms with Gasteiger partial charge in [0, 0.05) is 5.56 Å². The number of benzene rings is 2. The van der Waals surface area contributed by atoms with Crippen LogP contribution in [0.25, 0.3) is 0 Å². The zero-order chi connectivity index (χ0) is 18.9. The number of imide groups is 1. The van der Waals surface area contributed by atoms with Gasteiger partial charge in [-0.2, -0.15) is 0 Å². The quantitative estimate of drug-likeness (QED) is 0.696. The van der Waals surface area contributed by atoms with Gasteiger partial charge in [0.05, 0.1) is 12.8 Å². The molecule has 1 aromatic heterocycles. The molecule has 136 valence electrons. The van der Waals surface area contributed by atoms with E-state index in [1.165, 1.54) is 11.2 Å². The van der Waals surface area contributed by atoms with E-state index in [-0.39, 0.29) is 12.5 Å². The van der Waals surface area contributed by atoms with E-state index in [1.807, 2.05) is 54.6 Å². The Hall–Kier alpha value is -3.54. The molecule has 0 spiro atoms. The Balaban J connectivity index is 1.60. The second kappa shape index (κ2) is 6.64. The largest absolute Gasteiger partial charge is 0.466 e. The molecule has 6 nitrogen and oxygen atoms in total. The molecule has 1 unspecified atom stereocenters. The van der Waals surface area contributed by atoms with Gasteiger partial charge in [0.15, 0.2) is 5.54 Å². The Kier molecular flexibility index (Phi) is 4.16. The van der Waals surface area contributed by atoms with Crippen molar-refractivity contribution in [1.29, 1.82) is 0 Å². The fraction of sp³-hybridized carbons (Fsp3) is 0.143. The van der Waals surface area contributed by atoms with Crippen LogP contribution in [0.5, 0.6) is 11.5 Å². The lowest BCUT2D eigenvalue weighted by molar-refractivity contribution is -0.132. The Labute approximate surface area is 156 Å². The molecular weight excluding hydrogens is 344 g/mol. The average molecular weight is 362 g/mol. The number of nitrogens with one attached hydrogen (secondary N) is 1. The molecule has 1 atom stereocenters. The van der Waals surface area contributed by atoms with Gasteiger partial charge in [0.2, 0.25) is 0 Å². The Morgan fingerprint density at radius 2 is 1.74 bits per heavy atom.